The molecule has 0 unspecified atom stereocenters. The van der Waals surface area contributed by atoms with Gasteiger partial charge in [-0.1, -0.05) is 13.2 Å². The summed E-state index contributed by atoms with van der Waals surface area (Å²) < 4.78 is 4.11. The van der Waals surface area contributed by atoms with Crippen molar-refractivity contribution in [1.29, 1.82) is 0 Å². The number of nitrogens with zero attached hydrogens (tertiary/aromatic N) is 4. The molecule has 2 aromatic rings. The summed E-state index contributed by atoms with van der Waals surface area (Å²) in [5.41, 5.74) is 3.39. The van der Waals surface area contributed by atoms with Crippen molar-refractivity contribution in [2.75, 3.05) is 14.1 Å². The van der Waals surface area contributed by atoms with Crippen LogP contribution in [0.2, 0.25) is 0 Å². The van der Waals surface area contributed by atoms with E-state index in [1.807, 2.05) is 67.0 Å². The molecule has 4 heterocycles. The second kappa shape index (κ2) is 5.48. The van der Waals surface area contributed by atoms with E-state index < -0.39 is 0 Å². The fraction of sp³-hybridized carbons (Fsp3) is 0.111. The first-order chi connectivity index (χ1) is 10.6. The molecule has 0 spiro atoms. The third-order valence-corrected chi connectivity index (χ3v) is 3.89. The van der Waals surface area contributed by atoms with Gasteiger partial charge in [0.2, 0.25) is 0 Å². The molecule has 0 aromatic carbocycles. The highest BCUT2D eigenvalue weighted by molar-refractivity contribution is 5.65. The van der Waals surface area contributed by atoms with Gasteiger partial charge in [0.1, 0.15) is 5.82 Å². The molecule has 4 heteroatoms. The van der Waals surface area contributed by atoms with Crippen LogP contribution < -0.4 is 0 Å². The van der Waals surface area contributed by atoms with Crippen molar-refractivity contribution in [2.24, 2.45) is 0 Å². The third kappa shape index (κ3) is 2.39. The Hall–Kier alpha value is -2.88. The summed E-state index contributed by atoms with van der Waals surface area (Å²) in [6, 6.07) is 8.16. The van der Waals surface area contributed by atoms with E-state index in [0.717, 1.165) is 17.2 Å². The Bertz CT molecular complexity index is 706. The number of hydrogen-bond donors (Lipinski definition) is 0. The summed E-state index contributed by atoms with van der Waals surface area (Å²) >= 11 is 0. The van der Waals surface area contributed by atoms with E-state index in [1.54, 1.807) is 0 Å². The third-order valence-electron chi connectivity index (χ3n) is 3.89. The van der Waals surface area contributed by atoms with Gasteiger partial charge in [-0.25, -0.2) is 0 Å². The van der Waals surface area contributed by atoms with Gasteiger partial charge in [0.05, 0.1) is 11.4 Å². The Morgan fingerprint density at radius 3 is 2.45 bits per heavy atom. The second-order valence-electron chi connectivity index (χ2n) is 5.30. The summed E-state index contributed by atoms with van der Waals surface area (Å²) in [7, 11) is 3.98. The van der Waals surface area contributed by atoms with Crippen molar-refractivity contribution in [3.8, 4) is 0 Å². The molecule has 2 aromatic heterocycles. The van der Waals surface area contributed by atoms with Crippen molar-refractivity contribution >= 4 is 23.8 Å². The van der Waals surface area contributed by atoms with Gasteiger partial charge in [-0.3, -0.25) is 0 Å². The minimum absolute atomic E-state index is 0.993. The zero-order valence-electron chi connectivity index (χ0n) is 13.0. The highest BCUT2D eigenvalue weighted by atomic mass is 15.2. The first-order valence-corrected chi connectivity index (χ1v) is 7.13. The Labute approximate surface area is 131 Å². The fourth-order valence-corrected chi connectivity index (χ4v) is 2.42. The smallest absolute Gasteiger partial charge is 0.109 e. The zero-order valence-corrected chi connectivity index (χ0v) is 13.0. The molecular weight excluding hydrogens is 272 g/mol. The predicted octanol–water partition coefficient (Wildman–Crippen LogP) is 3.66. The zero-order chi connectivity index (χ0) is 15.7. The van der Waals surface area contributed by atoms with Gasteiger partial charge in [0, 0.05) is 50.8 Å². The van der Waals surface area contributed by atoms with Gasteiger partial charge in [-0.15, -0.1) is 0 Å². The number of fused-ring (bicyclic) bond motifs is 2. The Morgan fingerprint density at radius 2 is 1.64 bits per heavy atom. The van der Waals surface area contributed by atoms with E-state index in [2.05, 4.69) is 40.5 Å². The van der Waals surface area contributed by atoms with Gasteiger partial charge in [0.25, 0.3) is 0 Å². The molecular formula is C18H20N4. The molecule has 22 heavy (non-hydrogen) atoms. The fourth-order valence-electron chi connectivity index (χ4n) is 2.42. The highest BCUT2D eigenvalue weighted by Crippen LogP contribution is 2.21. The molecule has 0 N–H and O–H groups in total. The van der Waals surface area contributed by atoms with Crippen LogP contribution in [0.25, 0.3) is 23.8 Å². The number of aromatic nitrogens is 2. The quantitative estimate of drug-likeness (QED) is 0.736. The van der Waals surface area contributed by atoms with Crippen LogP contribution in [0.5, 0.6) is 0 Å². The van der Waals surface area contributed by atoms with Crippen molar-refractivity contribution in [1.82, 2.24) is 18.9 Å². The van der Waals surface area contributed by atoms with Crippen molar-refractivity contribution < 1.29 is 0 Å². The molecule has 0 aliphatic carbocycles. The van der Waals surface area contributed by atoms with Gasteiger partial charge in [0.15, 0.2) is 0 Å². The van der Waals surface area contributed by atoms with Gasteiger partial charge < -0.3 is 18.9 Å². The lowest BCUT2D eigenvalue weighted by molar-refractivity contribution is 0.607. The predicted molar refractivity (Wildman–Crippen MR) is 93.1 cm³/mol. The molecule has 0 amide bonds. The maximum absolute atomic E-state index is 3.96. The first kappa shape index (κ1) is 14.1. The lowest BCUT2D eigenvalue weighted by atomic mass is 10.3. The first-order valence-electron chi connectivity index (χ1n) is 7.13. The Balaban J connectivity index is 0.000000131. The standard InChI is InChI=1S/2C9H10N2/c1-8-10(2)7-5-9-4-3-6-11(8)9;1-8-9-4-3-5-11(9)7-6-10(8)2/h2*3-7H,1H2,2H3. The van der Waals surface area contributed by atoms with Crippen LogP contribution in [-0.2, 0) is 0 Å². The monoisotopic (exact) mass is 292 g/mol. The lowest BCUT2D eigenvalue weighted by Gasteiger charge is -2.23. The molecule has 0 radical (unpaired) electrons. The molecule has 0 bridgehead atoms. The van der Waals surface area contributed by atoms with Gasteiger partial charge in [-0.05, 0) is 30.3 Å². The molecule has 4 nitrogen and oxygen atoms in total. The van der Waals surface area contributed by atoms with Crippen molar-refractivity contribution in [3.05, 3.63) is 73.6 Å². The van der Waals surface area contributed by atoms with Crippen LogP contribution in [0.1, 0.15) is 11.4 Å². The molecule has 0 fully saturated rings. The minimum atomic E-state index is 0.993. The summed E-state index contributed by atoms with van der Waals surface area (Å²) in [4.78, 5) is 4.00. The average molecular weight is 292 g/mol. The van der Waals surface area contributed by atoms with Crippen LogP contribution in [0.4, 0.5) is 0 Å². The van der Waals surface area contributed by atoms with Crippen LogP contribution in [0.3, 0.4) is 0 Å². The van der Waals surface area contributed by atoms with E-state index in [9.17, 15) is 0 Å². The maximum Gasteiger partial charge on any atom is 0.109 e. The van der Waals surface area contributed by atoms with E-state index in [4.69, 9.17) is 0 Å². The lowest BCUT2D eigenvalue weighted by Crippen LogP contribution is -2.17. The molecule has 112 valence electrons. The van der Waals surface area contributed by atoms with Crippen molar-refractivity contribution in [3.63, 3.8) is 0 Å². The molecule has 2 aliphatic rings. The van der Waals surface area contributed by atoms with Gasteiger partial charge >= 0.3 is 0 Å². The second-order valence-corrected chi connectivity index (χ2v) is 5.30. The summed E-state index contributed by atoms with van der Waals surface area (Å²) in [5, 5.41) is 0. The van der Waals surface area contributed by atoms with Gasteiger partial charge in [-0.2, -0.15) is 0 Å². The molecule has 4 rings (SSSR count). The largest absolute Gasteiger partial charge is 0.348 e. The average Bonchev–Trinajstić information content (AvgIpc) is 3.16. The molecule has 0 atom stereocenters. The van der Waals surface area contributed by atoms with Crippen molar-refractivity contribution in [2.45, 2.75) is 0 Å². The molecule has 0 saturated heterocycles. The summed E-state index contributed by atoms with van der Waals surface area (Å²) in [5.74, 6) is 0.993. The minimum Gasteiger partial charge on any atom is -0.348 e. The summed E-state index contributed by atoms with van der Waals surface area (Å²) in [6.45, 7) is 7.91. The van der Waals surface area contributed by atoms with E-state index in [-0.39, 0.29) is 0 Å². The van der Waals surface area contributed by atoms with E-state index >= 15 is 0 Å². The SMILES string of the molecule is C=C1N(C)C=Cc2cccn21.C=C1c2cccn2C=CN1C. The topological polar surface area (TPSA) is 16.3 Å². The van der Waals surface area contributed by atoms with Crippen LogP contribution in [0.15, 0.2) is 62.2 Å². The molecule has 0 saturated carbocycles. The maximum atomic E-state index is 3.96. The van der Waals surface area contributed by atoms with Crippen LogP contribution in [-0.4, -0.2) is 33.0 Å². The normalized spacial score (nSPS) is 15.4. The van der Waals surface area contributed by atoms with E-state index in [0.29, 0.717) is 0 Å². The van der Waals surface area contributed by atoms with Crippen LogP contribution >= 0.6 is 0 Å². The Morgan fingerprint density at radius 1 is 0.864 bits per heavy atom. The van der Waals surface area contributed by atoms with E-state index in [1.165, 1.54) is 5.69 Å². The molecule has 2 aliphatic heterocycles. The highest BCUT2D eigenvalue weighted by Gasteiger charge is 2.10. The van der Waals surface area contributed by atoms with Crippen LogP contribution in [0, 0.1) is 0 Å². The Kier molecular flexibility index (Phi) is 3.51. The number of rotatable bonds is 0. The number of hydrogen-bond acceptors (Lipinski definition) is 2. The summed E-state index contributed by atoms with van der Waals surface area (Å²) in [6.07, 6.45) is 12.1.